The maximum Gasteiger partial charge on any atom is 0.417 e. The van der Waals surface area contributed by atoms with E-state index in [9.17, 15) is 22.8 Å². The molecule has 0 spiro atoms. The van der Waals surface area contributed by atoms with Crippen LogP contribution in [0.25, 0.3) is 0 Å². The predicted octanol–water partition coefficient (Wildman–Crippen LogP) is 2.56. The third-order valence-electron chi connectivity index (χ3n) is 4.36. The second-order valence-electron chi connectivity index (χ2n) is 6.39. The maximum absolute atomic E-state index is 13.2. The van der Waals surface area contributed by atoms with Gasteiger partial charge in [0.2, 0.25) is 5.56 Å². The first kappa shape index (κ1) is 20.3. The molecule has 1 fully saturated rings. The number of amides is 1. The predicted molar refractivity (Wildman–Crippen MR) is 102 cm³/mol. The second kappa shape index (κ2) is 7.92. The van der Waals surface area contributed by atoms with Crippen LogP contribution in [-0.4, -0.2) is 54.0 Å². The van der Waals surface area contributed by atoms with E-state index in [-0.39, 0.29) is 5.69 Å². The van der Waals surface area contributed by atoms with E-state index < -0.39 is 28.8 Å². The van der Waals surface area contributed by atoms with E-state index in [4.69, 9.17) is 0 Å². The molecule has 11 heteroatoms. The standard InChI is InChI=1S/C17H17BrF3N5O2/c1-25-2-4-26(5-3-25)15-13(6-10(18)8-23-15)24-16(28)11-9-22-14(27)7-12(11)17(19,20)21/h6-9H,2-5H2,1H3,(H,22,27)(H,24,28). The van der Waals surface area contributed by atoms with Gasteiger partial charge in [-0.2, -0.15) is 13.2 Å². The molecule has 0 aromatic carbocycles. The van der Waals surface area contributed by atoms with Crippen molar-refractivity contribution >= 4 is 33.3 Å². The van der Waals surface area contributed by atoms with Crippen LogP contribution in [0.15, 0.2) is 33.8 Å². The highest BCUT2D eigenvalue weighted by Gasteiger charge is 2.36. The number of pyridine rings is 2. The molecule has 0 atom stereocenters. The van der Waals surface area contributed by atoms with Gasteiger partial charge in [-0.15, -0.1) is 0 Å². The number of nitrogens with zero attached hydrogens (tertiary/aromatic N) is 3. The molecule has 0 radical (unpaired) electrons. The largest absolute Gasteiger partial charge is 0.417 e. The average Bonchev–Trinajstić information content (AvgIpc) is 2.62. The topological polar surface area (TPSA) is 81.3 Å². The summed E-state index contributed by atoms with van der Waals surface area (Å²) in [6.07, 6.45) is -2.51. The molecule has 0 bridgehead atoms. The fourth-order valence-electron chi connectivity index (χ4n) is 2.88. The van der Waals surface area contributed by atoms with Crippen molar-refractivity contribution in [1.82, 2.24) is 14.9 Å². The number of H-pyrrole nitrogens is 1. The van der Waals surface area contributed by atoms with Crippen LogP contribution in [0, 0.1) is 0 Å². The van der Waals surface area contributed by atoms with Crippen LogP contribution in [0.1, 0.15) is 15.9 Å². The normalized spacial score (nSPS) is 15.5. The van der Waals surface area contributed by atoms with Crippen LogP contribution in [0.4, 0.5) is 24.7 Å². The summed E-state index contributed by atoms with van der Waals surface area (Å²) in [7, 11) is 1.99. The lowest BCUT2D eigenvalue weighted by molar-refractivity contribution is -0.138. The molecule has 0 unspecified atom stereocenters. The molecule has 2 aromatic heterocycles. The Morgan fingerprint density at radius 2 is 1.93 bits per heavy atom. The molecule has 1 aliphatic heterocycles. The van der Waals surface area contributed by atoms with E-state index in [0.717, 1.165) is 19.3 Å². The molecule has 0 aliphatic carbocycles. The Hall–Kier alpha value is -2.40. The summed E-state index contributed by atoms with van der Waals surface area (Å²) in [5.41, 5.74) is -2.62. The summed E-state index contributed by atoms with van der Waals surface area (Å²) in [6.45, 7) is 2.92. The molecule has 3 rings (SSSR count). The van der Waals surface area contributed by atoms with Crippen molar-refractivity contribution in [3.63, 3.8) is 0 Å². The van der Waals surface area contributed by atoms with Gasteiger partial charge in [0, 0.05) is 49.1 Å². The summed E-state index contributed by atoms with van der Waals surface area (Å²) in [6, 6.07) is 1.95. The average molecular weight is 460 g/mol. The van der Waals surface area contributed by atoms with Crippen molar-refractivity contribution in [1.29, 1.82) is 0 Å². The molecule has 1 saturated heterocycles. The maximum atomic E-state index is 13.2. The number of nitrogens with one attached hydrogen (secondary N) is 2. The molecular weight excluding hydrogens is 443 g/mol. The number of likely N-dealkylation sites (N-methyl/N-ethyl adjacent to an activating group) is 1. The zero-order chi connectivity index (χ0) is 20.5. The van der Waals surface area contributed by atoms with Gasteiger partial charge in [0.15, 0.2) is 5.82 Å². The van der Waals surface area contributed by atoms with Crippen molar-refractivity contribution in [2.24, 2.45) is 0 Å². The molecular formula is C17H17BrF3N5O2. The van der Waals surface area contributed by atoms with Crippen LogP contribution in [-0.2, 0) is 6.18 Å². The lowest BCUT2D eigenvalue weighted by Crippen LogP contribution is -2.45. The van der Waals surface area contributed by atoms with Gasteiger partial charge >= 0.3 is 6.18 Å². The summed E-state index contributed by atoms with van der Waals surface area (Å²) in [4.78, 5) is 34.4. The van der Waals surface area contributed by atoms with Crippen LogP contribution in [0.3, 0.4) is 0 Å². The summed E-state index contributed by atoms with van der Waals surface area (Å²) in [5.74, 6) is -0.513. The van der Waals surface area contributed by atoms with E-state index in [0.29, 0.717) is 29.4 Å². The second-order valence-corrected chi connectivity index (χ2v) is 7.31. The van der Waals surface area contributed by atoms with E-state index >= 15 is 0 Å². The van der Waals surface area contributed by atoms with Gasteiger partial charge in [-0.05, 0) is 29.0 Å². The number of aromatic nitrogens is 2. The molecule has 2 N–H and O–H groups in total. The van der Waals surface area contributed by atoms with E-state index in [1.54, 1.807) is 12.3 Å². The monoisotopic (exact) mass is 459 g/mol. The van der Waals surface area contributed by atoms with Crippen molar-refractivity contribution < 1.29 is 18.0 Å². The Morgan fingerprint density at radius 1 is 1.25 bits per heavy atom. The Balaban J connectivity index is 1.93. The van der Waals surface area contributed by atoms with Crippen LogP contribution in [0.2, 0.25) is 0 Å². The molecule has 2 aromatic rings. The molecule has 1 amide bonds. The van der Waals surface area contributed by atoms with Crippen LogP contribution < -0.4 is 15.8 Å². The minimum atomic E-state index is -4.84. The van der Waals surface area contributed by atoms with E-state index in [1.807, 2.05) is 11.9 Å². The molecule has 0 saturated carbocycles. The Kier molecular flexibility index (Phi) is 5.75. The zero-order valence-corrected chi connectivity index (χ0v) is 16.4. The van der Waals surface area contributed by atoms with Crippen molar-refractivity contribution in [2.75, 3.05) is 43.4 Å². The lowest BCUT2D eigenvalue weighted by Gasteiger charge is -2.34. The number of carbonyl (C=O) groups is 1. The number of anilines is 2. The number of piperazine rings is 1. The summed E-state index contributed by atoms with van der Waals surface area (Å²) < 4.78 is 40.3. The zero-order valence-electron chi connectivity index (χ0n) is 14.8. The fraction of sp³-hybridized carbons (Fsp3) is 0.353. The number of aromatic amines is 1. The fourth-order valence-corrected chi connectivity index (χ4v) is 3.21. The first-order valence-electron chi connectivity index (χ1n) is 8.35. The van der Waals surface area contributed by atoms with Gasteiger partial charge in [-0.3, -0.25) is 9.59 Å². The molecule has 1 aliphatic rings. The van der Waals surface area contributed by atoms with E-state index in [1.165, 1.54) is 0 Å². The Bertz CT molecular complexity index is 939. The third kappa shape index (κ3) is 4.53. The number of alkyl halides is 3. The minimum absolute atomic E-state index is 0.281. The number of carbonyl (C=O) groups excluding carboxylic acids is 1. The number of hydrogen-bond donors (Lipinski definition) is 2. The van der Waals surface area contributed by atoms with Crippen molar-refractivity contribution in [2.45, 2.75) is 6.18 Å². The van der Waals surface area contributed by atoms with Gasteiger partial charge < -0.3 is 20.1 Å². The Labute approximate surface area is 166 Å². The van der Waals surface area contributed by atoms with Gasteiger partial charge in [-0.1, -0.05) is 0 Å². The number of rotatable bonds is 3. The molecule has 150 valence electrons. The molecule has 7 nitrogen and oxygen atoms in total. The van der Waals surface area contributed by atoms with Crippen molar-refractivity contribution in [3.8, 4) is 0 Å². The third-order valence-corrected chi connectivity index (χ3v) is 4.79. The first-order chi connectivity index (χ1) is 13.1. The molecule has 28 heavy (non-hydrogen) atoms. The Morgan fingerprint density at radius 3 is 2.57 bits per heavy atom. The number of halogens is 4. The van der Waals surface area contributed by atoms with E-state index in [2.05, 4.69) is 36.1 Å². The lowest BCUT2D eigenvalue weighted by atomic mass is 10.1. The molecule has 3 heterocycles. The summed E-state index contributed by atoms with van der Waals surface area (Å²) >= 11 is 3.26. The van der Waals surface area contributed by atoms with Gasteiger partial charge in [0.05, 0.1) is 16.8 Å². The van der Waals surface area contributed by atoms with Gasteiger partial charge in [0.25, 0.3) is 5.91 Å². The van der Waals surface area contributed by atoms with Crippen LogP contribution in [0.5, 0.6) is 0 Å². The SMILES string of the molecule is CN1CCN(c2ncc(Br)cc2NC(=O)c2c[nH]c(=O)cc2C(F)(F)F)CC1. The highest BCUT2D eigenvalue weighted by molar-refractivity contribution is 9.10. The highest BCUT2D eigenvalue weighted by Crippen LogP contribution is 2.32. The smallest absolute Gasteiger partial charge is 0.352 e. The van der Waals surface area contributed by atoms with Gasteiger partial charge in [0.1, 0.15) is 0 Å². The van der Waals surface area contributed by atoms with Gasteiger partial charge in [-0.25, -0.2) is 4.98 Å². The minimum Gasteiger partial charge on any atom is -0.352 e. The van der Waals surface area contributed by atoms with Crippen LogP contribution >= 0.6 is 15.9 Å². The first-order valence-corrected chi connectivity index (χ1v) is 9.15. The summed E-state index contributed by atoms with van der Waals surface area (Å²) in [5, 5.41) is 2.50. The number of hydrogen-bond acceptors (Lipinski definition) is 5. The quantitative estimate of drug-likeness (QED) is 0.736. The highest BCUT2D eigenvalue weighted by atomic mass is 79.9. The van der Waals surface area contributed by atoms with Crippen molar-refractivity contribution in [3.05, 3.63) is 50.5 Å².